The minimum absolute atomic E-state index is 0.0146. The average molecular weight is 351 g/mol. The molecular formula is C17H25N3O3S. The van der Waals surface area contributed by atoms with Crippen LogP contribution in [0, 0.1) is 11.8 Å². The maximum Gasteiger partial charge on any atom is 0.251 e. The molecule has 1 aliphatic carbocycles. The number of carbonyl (C=O) groups excluding carboxylic acids is 1. The number of amides is 1. The highest BCUT2D eigenvalue weighted by molar-refractivity contribution is 7.89. The van der Waals surface area contributed by atoms with Gasteiger partial charge < -0.3 is 5.32 Å². The molecule has 1 saturated heterocycles. The van der Waals surface area contributed by atoms with Crippen molar-refractivity contribution >= 4 is 15.9 Å². The summed E-state index contributed by atoms with van der Waals surface area (Å²) in [5, 5.41) is 8.09. The van der Waals surface area contributed by atoms with Crippen molar-refractivity contribution in [3.05, 3.63) is 29.8 Å². The van der Waals surface area contributed by atoms with E-state index in [1.54, 1.807) is 0 Å². The van der Waals surface area contributed by atoms with Crippen LogP contribution in [0.3, 0.4) is 0 Å². The van der Waals surface area contributed by atoms with E-state index in [0.717, 1.165) is 19.0 Å². The largest absolute Gasteiger partial charge is 0.350 e. The van der Waals surface area contributed by atoms with Gasteiger partial charge in [0.05, 0.1) is 4.90 Å². The highest BCUT2D eigenvalue weighted by Gasteiger charge is 2.43. The summed E-state index contributed by atoms with van der Waals surface area (Å²) in [6.45, 7) is 4.97. The Kier molecular flexibility index (Phi) is 4.94. The second-order valence-electron chi connectivity index (χ2n) is 6.79. The van der Waals surface area contributed by atoms with Crippen molar-refractivity contribution in [2.24, 2.45) is 17.0 Å². The molecule has 0 aromatic heterocycles. The van der Waals surface area contributed by atoms with Gasteiger partial charge in [0.2, 0.25) is 10.0 Å². The van der Waals surface area contributed by atoms with Gasteiger partial charge in [-0.25, -0.2) is 13.6 Å². The summed E-state index contributed by atoms with van der Waals surface area (Å²) >= 11 is 0. The predicted molar refractivity (Wildman–Crippen MR) is 92.0 cm³/mol. The molecule has 3 N–H and O–H groups in total. The average Bonchev–Trinajstić information content (AvgIpc) is 3.12. The number of nitrogens with zero attached hydrogens (tertiary/aromatic N) is 1. The zero-order valence-corrected chi connectivity index (χ0v) is 14.8. The number of nitrogens with one attached hydrogen (secondary N) is 1. The van der Waals surface area contributed by atoms with E-state index in [0.29, 0.717) is 24.1 Å². The summed E-state index contributed by atoms with van der Waals surface area (Å²) in [4.78, 5) is 14.8. The van der Waals surface area contributed by atoms with Crippen LogP contribution in [0.4, 0.5) is 0 Å². The molecule has 1 aliphatic heterocycles. The number of nitrogens with two attached hydrogens (primary N) is 1. The van der Waals surface area contributed by atoms with E-state index >= 15 is 0 Å². The fraction of sp³-hybridized carbons (Fsp3) is 0.588. The number of benzene rings is 1. The van der Waals surface area contributed by atoms with E-state index in [1.165, 1.54) is 43.5 Å². The van der Waals surface area contributed by atoms with Gasteiger partial charge in [0.25, 0.3) is 5.91 Å². The first kappa shape index (κ1) is 17.4. The van der Waals surface area contributed by atoms with Gasteiger partial charge in [0.1, 0.15) is 0 Å². The third-order valence-corrected chi connectivity index (χ3v) is 6.40. The maximum absolute atomic E-state index is 12.3. The molecule has 3 atom stereocenters. The van der Waals surface area contributed by atoms with Crippen molar-refractivity contribution < 1.29 is 13.2 Å². The third-order valence-electron chi connectivity index (χ3n) is 5.47. The Balaban J connectivity index is 1.62. The summed E-state index contributed by atoms with van der Waals surface area (Å²) in [5.41, 5.74) is 0.450. The summed E-state index contributed by atoms with van der Waals surface area (Å²) in [6.07, 6.45) is 3.86. The first-order chi connectivity index (χ1) is 11.4. The standard InChI is InChI=1S/C17H25N3O3S/c1-2-20-11-13-4-3-5-15(13)16(20)10-19-17(21)12-6-8-14(9-7-12)24(18,22)23/h6-9,13,15-16H,2-5,10-11H2,1H3,(H,19,21)(H2,18,22,23). The summed E-state index contributed by atoms with van der Waals surface area (Å²) in [5.74, 6) is 1.30. The molecule has 0 spiro atoms. The molecule has 0 bridgehead atoms. The Bertz CT molecular complexity index is 702. The van der Waals surface area contributed by atoms with E-state index in [2.05, 4.69) is 17.1 Å². The lowest BCUT2D eigenvalue weighted by Gasteiger charge is -2.27. The van der Waals surface area contributed by atoms with Gasteiger partial charge >= 0.3 is 0 Å². The fourth-order valence-electron chi connectivity index (χ4n) is 4.25. The third kappa shape index (κ3) is 3.48. The lowest BCUT2D eigenvalue weighted by Crippen LogP contribution is -2.42. The van der Waals surface area contributed by atoms with E-state index in [-0.39, 0.29) is 10.8 Å². The van der Waals surface area contributed by atoms with Crippen LogP contribution in [-0.4, -0.2) is 44.9 Å². The summed E-state index contributed by atoms with van der Waals surface area (Å²) < 4.78 is 22.5. The number of fused-ring (bicyclic) bond motifs is 1. The van der Waals surface area contributed by atoms with Gasteiger partial charge in [-0.1, -0.05) is 13.3 Å². The van der Waals surface area contributed by atoms with Gasteiger partial charge in [-0.3, -0.25) is 9.69 Å². The monoisotopic (exact) mass is 351 g/mol. The topological polar surface area (TPSA) is 92.5 Å². The molecule has 1 heterocycles. The highest BCUT2D eigenvalue weighted by atomic mass is 32.2. The van der Waals surface area contributed by atoms with Gasteiger partial charge in [0, 0.05) is 24.7 Å². The molecular weight excluding hydrogens is 326 g/mol. The molecule has 1 amide bonds. The fourth-order valence-corrected chi connectivity index (χ4v) is 4.76. The Labute approximate surface area is 143 Å². The second-order valence-corrected chi connectivity index (χ2v) is 8.35. The number of hydrogen-bond acceptors (Lipinski definition) is 4. The first-order valence-corrected chi connectivity index (χ1v) is 10.1. The quantitative estimate of drug-likeness (QED) is 0.833. The molecule has 2 fully saturated rings. The van der Waals surface area contributed by atoms with Crippen LogP contribution in [0.1, 0.15) is 36.5 Å². The zero-order valence-electron chi connectivity index (χ0n) is 13.9. The zero-order chi connectivity index (χ0) is 17.3. The Morgan fingerprint density at radius 1 is 1.29 bits per heavy atom. The van der Waals surface area contributed by atoms with Crippen LogP contribution in [0.25, 0.3) is 0 Å². The van der Waals surface area contributed by atoms with Gasteiger partial charge in [0.15, 0.2) is 0 Å². The van der Waals surface area contributed by atoms with Crippen LogP contribution in [0.15, 0.2) is 29.2 Å². The molecule has 7 heteroatoms. The number of likely N-dealkylation sites (N-methyl/N-ethyl adjacent to an activating group) is 1. The Hall–Kier alpha value is -1.44. The van der Waals surface area contributed by atoms with Crippen molar-refractivity contribution in [2.45, 2.75) is 37.1 Å². The van der Waals surface area contributed by atoms with E-state index in [4.69, 9.17) is 5.14 Å². The molecule has 2 aliphatic rings. The Morgan fingerprint density at radius 2 is 2.00 bits per heavy atom. The number of rotatable bonds is 5. The van der Waals surface area contributed by atoms with E-state index in [9.17, 15) is 13.2 Å². The number of carbonyl (C=O) groups is 1. The van der Waals surface area contributed by atoms with Crippen molar-refractivity contribution in [3.63, 3.8) is 0 Å². The molecule has 24 heavy (non-hydrogen) atoms. The molecule has 132 valence electrons. The normalized spacial score (nSPS) is 27.2. The van der Waals surface area contributed by atoms with Gasteiger partial charge in [-0.15, -0.1) is 0 Å². The van der Waals surface area contributed by atoms with Gasteiger partial charge in [-0.2, -0.15) is 0 Å². The molecule has 1 aromatic carbocycles. The number of sulfonamides is 1. The molecule has 6 nitrogen and oxygen atoms in total. The van der Waals surface area contributed by atoms with Crippen LogP contribution in [0.2, 0.25) is 0 Å². The van der Waals surface area contributed by atoms with Crippen molar-refractivity contribution in [3.8, 4) is 0 Å². The van der Waals surface area contributed by atoms with E-state index < -0.39 is 10.0 Å². The van der Waals surface area contributed by atoms with Crippen LogP contribution < -0.4 is 10.5 Å². The lowest BCUT2D eigenvalue weighted by atomic mass is 9.94. The summed E-state index contributed by atoms with van der Waals surface area (Å²) in [6, 6.07) is 6.14. The smallest absolute Gasteiger partial charge is 0.251 e. The summed E-state index contributed by atoms with van der Waals surface area (Å²) in [7, 11) is -3.73. The van der Waals surface area contributed by atoms with E-state index in [1.807, 2.05) is 0 Å². The molecule has 1 aromatic rings. The van der Waals surface area contributed by atoms with Crippen LogP contribution in [-0.2, 0) is 10.0 Å². The highest BCUT2D eigenvalue weighted by Crippen LogP contribution is 2.41. The molecule has 1 saturated carbocycles. The maximum atomic E-state index is 12.3. The first-order valence-electron chi connectivity index (χ1n) is 8.55. The predicted octanol–water partition coefficient (Wildman–Crippen LogP) is 1.18. The minimum atomic E-state index is -3.73. The lowest BCUT2D eigenvalue weighted by molar-refractivity contribution is 0.0935. The minimum Gasteiger partial charge on any atom is -0.350 e. The number of hydrogen-bond donors (Lipinski definition) is 2. The molecule has 0 radical (unpaired) electrons. The SMILES string of the molecule is CCN1CC2CCCC2C1CNC(=O)c1ccc(S(N)(=O)=O)cc1. The van der Waals surface area contributed by atoms with Crippen molar-refractivity contribution in [1.82, 2.24) is 10.2 Å². The Morgan fingerprint density at radius 3 is 2.62 bits per heavy atom. The molecule has 3 rings (SSSR count). The van der Waals surface area contributed by atoms with Crippen LogP contribution in [0.5, 0.6) is 0 Å². The van der Waals surface area contributed by atoms with Crippen LogP contribution >= 0.6 is 0 Å². The van der Waals surface area contributed by atoms with Crippen molar-refractivity contribution in [2.75, 3.05) is 19.6 Å². The second kappa shape index (κ2) is 6.82. The number of likely N-dealkylation sites (tertiary alicyclic amines) is 1. The van der Waals surface area contributed by atoms with Gasteiger partial charge in [-0.05, 0) is 55.5 Å². The number of primary sulfonamides is 1. The van der Waals surface area contributed by atoms with Crippen molar-refractivity contribution in [1.29, 1.82) is 0 Å². The molecule has 3 unspecified atom stereocenters.